The molecule has 0 radical (unpaired) electrons. The second kappa shape index (κ2) is 6.88. The molecule has 3 aromatic rings. The Labute approximate surface area is 161 Å². The Morgan fingerprint density at radius 2 is 1.38 bits per heavy atom. The second-order valence-electron chi connectivity index (χ2n) is 6.90. The quantitative estimate of drug-likeness (QED) is 0.266. The van der Waals surface area contributed by atoms with Gasteiger partial charge in [0.05, 0.1) is 0 Å². The first-order valence-corrected chi connectivity index (χ1v) is 12.9. The number of hydrogen-bond donors (Lipinski definition) is 0. The van der Waals surface area contributed by atoms with Crippen molar-refractivity contribution in [3.8, 4) is 22.6 Å². The van der Waals surface area contributed by atoms with Crippen molar-refractivity contribution in [2.75, 3.05) is 0 Å². The van der Waals surface area contributed by atoms with Crippen LogP contribution in [0.15, 0.2) is 63.5 Å². The third-order valence-corrected chi connectivity index (χ3v) is 5.53. The van der Waals surface area contributed by atoms with Crippen LogP contribution in [0.25, 0.3) is 21.9 Å². The zero-order valence-corrected chi connectivity index (χ0v) is 18.1. The lowest BCUT2D eigenvalue weighted by molar-refractivity contribution is 1.57. The highest BCUT2D eigenvalue weighted by atomic mass is 79.9. The first kappa shape index (κ1) is 17.5. The first-order valence-electron chi connectivity index (χ1n) is 7.84. The Bertz CT molecular complexity index is 973. The van der Waals surface area contributed by atoms with Gasteiger partial charge in [-0.25, -0.2) is 0 Å². The van der Waals surface area contributed by atoms with Crippen molar-refractivity contribution in [2.24, 2.45) is 0 Å². The molecule has 3 aromatic carbocycles. The van der Waals surface area contributed by atoms with Gasteiger partial charge in [0.25, 0.3) is 0 Å². The van der Waals surface area contributed by atoms with E-state index in [1.54, 1.807) is 0 Å². The van der Waals surface area contributed by atoms with Crippen LogP contribution in [0.2, 0.25) is 19.6 Å². The van der Waals surface area contributed by atoms with E-state index in [9.17, 15) is 0 Å². The van der Waals surface area contributed by atoms with Gasteiger partial charge in [-0.15, -0.1) is 5.54 Å². The van der Waals surface area contributed by atoms with Crippen LogP contribution in [-0.2, 0) is 0 Å². The zero-order chi connectivity index (χ0) is 17.3. The molecule has 0 heterocycles. The molecule has 0 atom stereocenters. The van der Waals surface area contributed by atoms with Crippen molar-refractivity contribution in [3.63, 3.8) is 0 Å². The van der Waals surface area contributed by atoms with E-state index in [0.717, 1.165) is 14.5 Å². The van der Waals surface area contributed by atoms with Crippen LogP contribution >= 0.6 is 31.9 Å². The predicted octanol–water partition coefficient (Wildman–Crippen LogP) is 7.26. The fourth-order valence-electron chi connectivity index (χ4n) is 2.51. The lowest BCUT2D eigenvalue weighted by Crippen LogP contribution is -2.16. The smallest absolute Gasteiger partial charge is 0.127 e. The highest BCUT2D eigenvalue weighted by Gasteiger charge is 2.10. The average molecular weight is 458 g/mol. The minimum absolute atomic E-state index is 1.07. The number of halogens is 2. The summed E-state index contributed by atoms with van der Waals surface area (Å²) in [5.74, 6) is 3.42. The normalized spacial score (nSPS) is 11.2. The maximum absolute atomic E-state index is 3.58. The van der Waals surface area contributed by atoms with Gasteiger partial charge < -0.3 is 0 Å². The molecule has 0 bridgehead atoms. The van der Waals surface area contributed by atoms with Crippen LogP contribution in [-0.4, -0.2) is 8.07 Å². The molecule has 24 heavy (non-hydrogen) atoms. The molecule has 3 rings (SSSR count). The summed E-state index contributed by atoms with van der Waals surface area (Å²) in [7, 11) is -1.41. The van der Waals surface area contributed by atoms with Gasteiger partial charge in [-0.1, -0.05) is 81.7 Å². The summed E-state index contributed by atoms with van der Waals surface area (Å²) in [4.78, 5) is 0. The van der Waals surface area contributed by atoms with Crippen LogP contribution in [0.1, 0.15) is 5.56 Å². The van der Waals surface area contributed by atoms with E-state index in [0.29, 0.717) is 0 Å². The maximum atomic E-state index is 3.58. The van der Waals surface area contributed by atoms with Gasteiger partial charge in [-0.05, 0) is 52.2 Å². The third kappa shape index (κ3) is 4.19. The monoisotopic (exact) mass is 456 g/mol. The Balaban J connectivity index is 2.15. The van der Waals surface area contributed by atoms with Crippen molar-refractivity contribution in [1.82, 2.24) is 0 Å². The highest BCUT2D eigenvalue weighted by Crippen LogP contribution is 2.30. The van der Waals surface area contributed by atoms with E-state index < -0.39 is 8.07 Å². The zero-order valence-electron chi connectivity index (χ0n) is 14.0. The molecular weight excluding hydrogens is 440 g/mol. The SMILES string of the molecule is C[Si](C)(C)C#Cc1cc(Br)ccc1-c1ccc2cc(Br)ccc2c1. The van der Waals surface area contributed by atoms with Crippen LogP contribution < -0.4 is 0 Å². The lowest BCUT2D eigenvalue weighted by Gasteiger charge is -2.09. The topological polar surface area (TPSA) is 0 Å². The van der Waals surface area contributed by atoms with Gasteiger partial charge in [0.1, 0.15) is 8.07 Å². The third-order valence-electron chi connectivity index (χ3n) is 3.67. The lowest BCUT2D eigenvalue weighted by atomic mass is 9.97. The van der Waals surface area contributed by atoms with E-state index in [-0.39, 0.29) is 0 Å². The van der Waals surface area contributed by atoms with Crippen LogP contribution in [0.5, 0.6) is 0 Å². The van der Waals surface area contributed by atoms with Gasteiger partial charge in [-0.3, -0.25) is 0 Å². The summed E-state index contributed by atoms with van der Waals surface area (Å²) in [6, 6.07) is 19.3. The summed E-state index contributed by atoms with van der Waals surface area (Å²) in [5, 5.41) is 2.47. The molecule has 0 aliphatic heterocycles. The minimum atomic E-state index is -1.41. The molecule has 0 aliphatic rings. The summed E-state index contributed by atoms with van der Waals surface area (Å²) >= 11 is 7.11. The first-order chi connectivity index (χ1) is 11.3. The van der Waals surface area contributed by atoms with E-state index in [2.05, 4.69) is 118 Å². The summed E-state index contributed by atoms with van der Waals surface area (Å²) in [6.07, 6.45) is 0. The standard InChI is InChI=1S/C21H18Br2Si/c1-24(2,3)11-10-18-14-20(23)8-9-21(18)17-5-4-16-13-19(22)7-6-15(16)12-17/h4-9,12-14H,1-3H3. The molecule has 0 aliphatic carbocycles. The van der Waals surface area contributed by atoms with Crippen LogP contribution in [0.3, 0.4) is 0 Å². The van der Waals surface area contributed by atoms with E-state index >= 15 is 0 Å². The summed E-state index contributed by atoms with van der Waals surface area (Å²) in [5.41, 5.74) is 6.96. The molecule has 3 heteroatoms. The largest absolute Gasteiger partial charge is 0.129 e. The number of hydrogen-bond acceptors (Lipinski definition) is 0. The Hall–Kier alpha value is -1.34. The molecule has 0 N–H and O–H groups in total. The van der Waals surface area contributed by atoms with Gasteiger partial charge >= 0.3 is 0 Å². The van der Waals surface area contributed by atoms with E-state index in [1.807, 2.05) is 0 Å². The Kier molecular flexibility index (Phi) is 5.01. The molecule has 0 nitrogen and oxygen atoms in total. The summed E-state index contributed by atoms with van der Waals surface area (Å²) < 4.78 is 2.17. The van der Waals surface area contributed by atoms with Crippen molar-refractivity contribution >= 4 is 50.7 Å². The number of fused-ring (bicyclic) bond motifs is 1. The highest BCUT2D eigenvalue weighted by molar-refractivity contribution is 9.10. The van der Waals surface area contributed by atoms with Crippen LogP contribution in [0, 0.1) is 11.5 Å². The fraction of sp³-hybridized carbons (Fsp3) is 0.143. The Morgan fingerprint density at radius 1 is 0.750 bits per heavy atom. The Morgan fingerprint density at radius 3 is 2.12 bits per heavy atom. The van der Waals surface area contributed by atoms with Crippen molar-refractivity contribution in [3.05, 3.63) is 69.1 Å². The van der Waals surface area contributed by atoms with Crippen molar-refractivity contribution < 1.29 is 0 Å². The number of benzene rings is 3. The molecular formula is C21H18Br2Si. The van der Waals surface area contributed by atoms with Gasteiger partial charge in [-0.2, -0.15) is 0 Å². The van der Waals surface area contributed by atoms with E-state index in [4.69, 9.17) is 0 Å². The molecule has 0 spiro atoms. The average Bonchev–Trinajstić information content (AvgIpc) is 2.52. The molecule has 0 unspecified atom stereocenters. The van der Waals surface area contributed by atoms with Gasteiger partial charge in [0.2, 0.25) is 0 Å². The van der Waals surface area contributed by atoms with Gasteiger partial charge in [0, 0.05) is 14.5 Å². The summed E-state index contributed by atoms with van der Waals surface area (Å²) in [6.45, 7) is 6.81. The molecule has 0 amide bonds. The fourth-order valence-corrected chi connectivity index (χ4v) is 3.76. The predicted molar refractivity (Wildman–Crippen MR) is 115 cm³/mol. The van der Waals surface area contributed by atoms with Crippen LogP contribution in [0.4, 0.5) is 0 Å². The molecule has 0 saturated carbocycles. The van der Waals surface area contributed by atoms with Crippen molar-refractivity contribution in [2.45, 2.75) is 19.6 Å². The maximum Gasteiger partial charge on any atom is 0.129 e. The molecule has 120 valence electrons. The second-order valence-corrected chi connectivity index (χ2v) is 13.5. The van der Waals surface area contributed by atoms with Gasteiger partial charge in [0.15, 0.2) is 0 Å². The van der Waals surface area contributed by atoms with E-state index in [1.165, 1.54) is 21.9 Å². The number of rotatable bonds is 1. The van der Waals surface area contributed by atoms with Crippen molar-refractivity contribution in [1.29, 1.82) is 0 Å². The molecule has 0 saturated heterocycles. The molecule has 0 aromatic heterocycles. The molecule has 0 fully saturated rings. The minimum Gasteiger partial charge on any atom is -0.127 e.